The van der Waals surface area contributed by atoms with Crippen LogP contribution < -0.4 is 4.74 Å². The molecule has 0 N–H and O–H groups in total. The molecule has 4 heterocycles. The number of hydrogen-bond donors (Lipinski definition) is 0. The van der Waals surface area contributed by atoms with Crippen molar-refractivity contribution < 1.29 is 4.74 Å². The van der Waals surface area contributed by atoms with Gasteiger partial charge in [-0.15, -0.1) is 6.58 Å². The van der Waals surface area contributed by atoms with Crippen molar-refractivity contribution in [3.63, 3.8) is 0 Å². The van der Waals surface area contributed by atoms with Crippen molar-refractivity contribution >= 4 is 10.9 Å². The van der Waals surface area contributed by atoms with Crippen molar-refractivity contribution in [1.82, 2.24) is 9.88 Å². The summed E-state index contributed by atoms with van der Waals surface area (Å²) < 4.78 is 6.84. The van der Waals surface area contributed by atoms with Crippen LogP contribution in [0.25, 0.3) is 10.9 Å². The number of pyridine rings is 1. The summed E-state index contributed by atoms with van der Waals surface area (Å²) in [5.74, 6) is 2.27. The van der Waals surface area contributed by atoms with Crippen LogP contribution in [-0.4, -0.2) is 29.0 Å². The maximum Gasteiger partial charge on any atom is 0.140 e. The number of rotatable bonds is 5. The number of aryl methyl sites for hydroxylation is 2. The monoisotopic (exact) mass is 398 g/mol. The lowest BCUT2D eigenvalue weighted by Gasteiger charge is -2.51. The van der Waals surface area contributed by atoms with Crippen molar-refractivity contribution in [3.05, 3.63) is 84.1 Å². The van der Waals surface area contributed by atoms with Crippen LogP contribution in [0.4, 0.5) is 0 Å². The molecule has 3 heteroatoms. The smallest absolute Gasteiger partial charge is 0.140 e. The van der Waals surface area contributed by atoms with Gasteiger partial charge in [-0.25, -0.2) is 0 Å². The average molecular weight is 399 g/mol. The first kappa shape index (κ1) is 19.3. The fourth-order valence-electron chi connectivity index (χ4n) is 5.55. The molecule has 3 aliphatic rings. The summed E-state index contributed by atoms with van der Waals surface area (Å²) in [4.78, 5) is 7.23. The molecule has 3 saturated heterocycles. The molecule has 30 heavy (non-hydrogen) atoms. The fourth-order valence-corrected chi connectivity index (χ4v) is 5.55. The van der Waals surface area contributed by atoms with Gasteiger partial charge in [-0.2, -0.15) is 0 Å². The van der Waals surface area contributed by atoms with E-state index in [1.54, 1.807) is 0 Å². The summed E-state index contributed by atoms with van der Waals surface area (Å²) in [6, 6.07) is 17.5. The zero-order valence-corrected chi connectivity index (χ0v) is 17.9. The topological polar surface area (TPSA) is 25.4 Å². The van der Waals surface area contributed by atoms with Gasteiger partial charge in [0, 0.05) is 23.7 Å². The summed E-state index contributed by atoms with van der Waals surface area (Å²) in [5.41, 5.74) is 4.75. The van der Waals surface area contributed by atoms with E-state index in [1.807, 2.05) is 6.20 Å². The molecular formula is C27H30N2O. The van der Waals surface area contributed by atoms with Gasteiger partial charge >= 0.3 is 0 Å². The van der Waals surface area contributed by atoms with Crippen LogP contribution >= 0.6 is 0 Å². The van der Waals surface area contributed by atoms with Crippen molar-refractivity contribution in [3.8, 4) is 5.75 Å². The number of hydrogen-bond acceptors (Lipinski definition) is 3. The second-order valence-corrected chi connectivity index (χ2v) is 9.03. The number of ether oxygens (including phenoxy) is 1. The second-order valence-electron chi connectivity index (χ2n) is 9.03. The van der Waals surface area contributed by atoms with E-state index in [4.69, 9.17) is 4.74 Å². The molecule has 154 valence electrons. The van der Waals surface area contributed by atoms with E-state index >= 15 is 0 Å². The third kappa shape index (κ3) is 3.52. The van der Waals surface area contributed by atoms with Crippen molar-refractivity contribution in [2.45, 2.75) is 38.8 Å². The first-order valence-corrected chi connectivity index (χ1v) is 11.1. The molecule has 1 unspecified atom stereocenters. The number of fused-ring (bicyclic) bond motifs is 4. The lowest BCUT2D eigenvalue weighted by molar-refractivity contribution is -0.0357. The predicted octanol–water partition coefficient (Wildman–Crippen LogP) is 5.87. The molecule has 3 nitrogen and oxygen atoms in total. The highest BCUT2D eigenvalue weighted by molar-refractivity contribution is 5.82. The Balaban J connectivity index is 1.58. The molecule has 0 saturated carbocycles. The third-order valence-electron chi connectivity index (χ3n) is 6.95. The summed E-state index contributed by atoms with van der Waals surface area (Å²) in [5, 5.41) is 1.19. The van der Waals surface area contributed by atoms with Gasteiger partial charge in [0.15, 0.2) is 0 Å². The predicted molar refractivity (Wildman–Crippen MR) is 123 cm³/mol. The van der Waals surface area contributed by atoms with Crippen LogP contribution in [0.15, 0.2) is 67.4 Å². The number of nitrogens with zero attached hydrogens (tertiary/aromatic N) is 2. The highest BCUT2D eigenvalue weighted by atomic mass is 16.5. The Bertz CT molecular complexity index is 1050. The Kier molecular flexibility index (Phi) is 5.08. The molecule has 6 rings (SSSR count). The largest absolute Gasteiger partial charge is 0.484 e. The molecule has 0 radical (unpaired) electrons. The minimum Gasteiger partial charge on any atom is -0.484 e. The summed E-state index contributed by atoms with van der Waals surface area (Å²) in [6.45, 7) is 10.6. The van der Waals surface area contributed by atoms with Crippen molar-refractivity contribution in [2.24, 2.45) is 11.8 Å². The van der Waals surface area contributed by atoms with Gasteiger partial charge in [0.25, 0.3) is 0 Å². The Hall–Kier alpha value is -2.65. The molecule has 5 atom stereocenters. The Morgan fingerprint density at radius 1 is 1.13 bits per heavy atom. The van der Waals surface area contributed by atoms with E-state index in [-0.39, 0.29) is 6.10 Å². The second kappa shape index (κ2) is 7.88. The van der Waals surface area contributed by atoms with Gasteiger partial charge in [0.05, 0.1) is 11.6 Å². The summed E-state index contributed by atoms with van der Waals surface area (Å²) in [6.07, 6.45) is 6.49. The lowest BCUT2D eigenvalue weighted by atomic mass is 9.73. The van der Waals surface area contributed by atoms with E-state index in [2.05, 4.69) is 84.9 Å². The van der Waals surface area contributed by atoms with Crippen LogP contribution in [0.1, 0.15) is 35.6 Å². The Labute approximate surface area is 179 Å². The lowest BCUT2D eigenvalue weighted by Crippen LogP contribution is -2.55. The van der Waals surface area contributed by atoms with E-state index in [0.717, 1.165) is 30.8 Å². The van der Waals surface area contributed by atoms with E-state index in [1.165, 1.54) is 28.5 Å². The van der Waals surface area contributed by atoms with Gasteiger partial charge in [-0.3, -0.25) is 9.88 Å². The Morgan fingerprint density at radius 2 is 1.93 bits per heavy atom. The fraction of sp³-hybridized carbons (Fsp3) is 0.370. The first-order valence-electron chi connectivity index (χ1n) is 11.1. The summed E-state index contributed by atoms with van der Waals surface area (Å²) in [7, 11) is 0. The molecule has 3 aliphatic heterocycles. The molecule has 0 spiro atoms. The quantitative estimate of drug-likeness (QED) is 0.503. The third-order valence-corrected chi connectivity index (χ3v) is 6.95. The van der Waals surface area contributed by atoms with Crippen molar-refractivity contribution in [2.75, 3.05) is 13.1 Å². The molecule has 1 aromatic heterocycles. The van der Waals surface area contributed by atoms with Gasteiger partial charge in [0.2, 0.25) is 0 Å². The maximum atomic E-state index is 6.84. The summed E-state index contributed by atoms with van der Waals surface area (Å²) >= 11 is 0. The minimum atomic E-state index is -0.0207. The van der Waals surface area contributed by atoms with Crippen LogP contribution in [-0.2, 0) is 0 Å². The molecular weight excluding hydrogens is 368 g/mol. The molecule has 3 aromatic rings. The first-order chi connectivity index (χ1) is 14.6. The highest BCUT2D eigenvalue weighted by Crippen LogP contribution is 2.43. The SMILES string of the molecule is C=C[C@H]1CN2CC[C@H]1C[C@@H]2[C@H](Oc1cc(C)cc(C)c1)c1ccnc2ccccc12. The zero-order chi connectivity index (χ0) is 20.7. The number of para-hydroxylation sites is 1. The molecule has 2 bridgehead atoms. The van der Waals surface area contributed by atoms with Crippen molar-refractivity contribution in [1.29, 1.82) is 0 Å². The van der Waals surface area contributed by atoms with E-state index in [9.17, 15) is 0 Å². The average Bonchev–Trinajstić information content (AvgIpc) is 2.76. The van der Waals surface area contributed by atoms with Crippen LogP contribution in [0, 0.1) is 25.7 Å². The number of benzene rings is 2. The van der Waals surface area contributed by atoms with Crippen LogP contribution in [0.3, 0.4) is 0 Å². The highest BCUT2D eigenvalue weighted by Gasteiger charge is 2.43. The number of aromatic nitrogens is 1. The van der Waals surface area contributed by atoms with Crippen LogP contribution in [0.2, 0.25) is 0 Å². The molecule has 2 aromatic carbocycles. The normalized spacial score (nSPS) is 26.5. The van der Waals surface area contributed by atoms with E-state index in [0.29, 0.717) is 17.9 Å². The minimum absolute atomic E-state index is 0.0207. The molecule has 0 aliphatic carbocycles. The van der Waals surface area contributed by atoms with E-state index < -0.39 is 0 Å². The standard InChI is InChI=1S/C27H30N2O/c1-4-20-17-29-12-10-21(20)16-26(29)27(30-22-14-18(2)13-19(3)15-22)24-9-11-28-25-8-6-5-7-23(24)25/h4-9,11,13-15,20-21,26-27H,1,10,12,16-17H2,2-3H3/t20-,21-,26+,27+/m0/s1. The maximum absolute atomic E-state index is 6.84. The van der Waals surface area contributed by atoms with Gasteiger partial charge in [0.1, 0.15) is 11.9 Å². The van der Waals surface area contributed by atoms with Gasteiger partial charge < -0.3 is 4.74 Å². The number of piperidine rings is 3. The molecule has 0 amide bonds. The van der Waals surface area contributed by atoms with Crippen LogP contribution in [0.5, 0.6) is 5.75 Å². The van der Waals surface area contributed by atoms with Gasteiger partial charge in [-0.05, 0) is 80.5 Å². The molecule has 3 fully saturated rings. The van der Waals surface area contributed by atoms with Gasteiger partial charge in [-0.1, -0.05) is 30.3 Å². The Morgan fingerprint density at radius 3 is 2.67 bits per heavy atom. The zero-order valence-electron chi connectivity index (χ0n) is 17.9.